The van der Waals surface area contributed by atoms with Crippen molar-refractivity contribution in [2.75, 3.05) is 47.0 Å². The minimum absolute atomic E-state index is 0.129. The molecule has 1 amide bonds. The van der Waals surface area contributed by atoms with E-state index in [1.807, 2.05) is 24.3 Å². The molecule has 1 aliphatic rings. The number of alkyl halides is 3. The summed E-state index contributed by atoms with van der Waals surface area (Å²) in [6.07, 6.45) is -2.99. The molecule has 0 spiro atoms. The molecule has 3 heterocycles. The van der Waals surface area contributed by atoms with Crippen molar-refractivity contribution in [3.63, 3.8) is 0 Å². The Morgan fingerprint density at radius 1 is 0.933 bits per heavy atom. The number of halogens is 3. The molecule has 3 N–H and O–H groups in total. The van der Waals surface area contributed by atoms with Gasteiger partial charge in [-0.25, -0.2) is 9.97 Å². The van der Waals surface area contributed by atoms with Gasteiger partial charge in [0.2, 0.25) is 5.95 Å². The molecular formula is C32H29F3N8O2. The third-order valence-electron chi connectivity index (χ3n) is 7.79. The van der Waals surface area contributed by atoms with Gasteiger partial charge < -0.3 is 20.9 Å². The van der Waals surface area contributed by atoms with Gasteiger partial charge in [-0.1, -0.05) is 18.2 Å². The number of aryl methyl sites for hydroxylation is 2. The van der Waals surface area contributed by atoms with Crippen LogP contribution in [0.2, 0.25) is 0 Å². The average molecular weight is 615 g/mol. The van der Waals surface area contributed by atoms with Gasteiger partial charge in [-0.15, -0.1) is 0 Å². The van der Waals surface area contributed by atoms with E-state index in [-0.39, 0.29) is 11.3 Å². The van der Waals surface area contributed by atoms with Crippen molar-refractivity contribution in [3.8, 4) is 11.3 Å². The van der Waals surface area contributed by atoms with Gasteiger partial charge >= 0.3 is 6.18 Å². The van der Waals surface area contributed by atoms with Crippen LogP contribution >= 0.6 is 0 Å². The van der Waals surface area contributed by atoms with Crippen LogP contribution in [0.1, 0.15) is 21.5 Å². The number of carbonyl (C=O) groups is 1. The summed E-state index contributed by atoms with van der Waals surface area (Å²) < 4.78 is 40.8. The van der Waals surface area contributed by atoms with Gasteiger partial charge in [-0.2, -0.15) is 18.2 Å². The minimum atomic E-state index is -4.58. The molecule has 0 bridgehead atoms. The molecule has 2 aromatic heterocycles. The van der Waals surface area contributed by atoms with Gasteiger partial charge in [0.25, 0.3) is 11.5 Å². The number of fused-ring (bicyclic) bond motifs is 1. The van der Waals surface area contributed by atoms with Gasteiger partial charge in [0.1, 0.15) is 11.2 Å². The average Bonchev–Trinajstić information content (AvgIpc) is 3.03. The fraction of sp³-hybridized carbons (Fsp3) is 0.219. The summed E-state index contributed by atoms with van der Waals surface area (Å²) in [4.78, 5) is 44.5. The van der Waals surface area contributed by atoms with E-state index in [0.29, 0.717) is 52.7 Å². The smallest absolute Gasteiger partial charge is 0.399 e. The largest absolute Gasteiger partial charge is 0.416 e. The molecule has 6 rings (SSSR count). The monoisotopic (exact) mass is 614 g/mol. The summed E-state index contributed by atoms with van der Waals surface area (Å²) in [6.45, 7) is 4.65. The predicted octanol–water partition coefficient (Wildman–Crippen LogP) is 4.88. The summed E-state index contributed by atoms with van der Waals surface area (Å²) in [5, 5.41) is 2.62. The number of nitrogens with two attached hydrogens (primary N) is 1. The van der Waals surface area contributed by atoms with Gasteiger partial charge in [-0.3, -0.25) is 14.2 Å². The van der Waals surface area contributed by atoms with Gasteiger partial charge in [0, 0.05) is 61.4 Å². The van der Waals surface area contributed by atoms with Gasteiger partial charge in [-0.05, 0) is 61.0 Å². The van der Waals surface area contributed by atoms with Crippen LogP contribution in [-0.2, 0) is 13.2 Å². The van der Waals surface area contributed by atoms with Crippen LogP contribution in [0.15, 0.2) is 77.7 Å². The summed E-state index contributed by atoms with van der Waals surface area (Å²) >= 11 is 0. The Hall–Kier alpha value is -5.46. The molecule has 45 heavy (non-hydrogen) atoms. The molecule has 0 saturated carbocycles. The van der Waals surface area contributed by atoms with E-state index in [0.717, 1.165) is 30.9 Å². The van der Waals surface area contributed by atoms with E-state index < -0.39 is 23.2 Å². The molecule has 1 fully saturated rings. The van der Waals surface area contributed by atoms with Crippen molar-refractivity contribution >= 4 is 40.1 Å². The SMILES string of the molecule is Cc1ccc(NC(=O)c2cccc(C(F)(F)F)c2)cc1-c1nc2cnc(N3CCN(c4cccc(N)c4)CC3)nc2n(C)c1=O. The molecule has 0 unspecified atom stereocenters. The molecule has 1 saturated heterocycles. The molecule has 13 heteroatoms. The number of rotatable bonds is 5. The van der Waals surface area contributed by atoms with Crippen molar-refractivity contribution in [1.29, 1.82) is 0 Å². The zero-order valence-corrected chi connectivity index (χ0v) is 24.5. The number of hydrogen-bond donors (Lipinski definition) is 2. The van der Waals surface area contributed by atoms with Gasteiger partial charge in [0.15, 0.2) is 5.65 Å². The molecule has 0 aliphatic carbocycles. The first-order chi connectivity index (χ1) is 21.5. The number of nitrogen functional groups attached to an aromatic ring is 1. The first kappa shape index (κ1) is 29.6. The highest BCUT2D eigenvalue weighted by Crippen LogP contribution is 2.30. The van der Waals surface area contributed by atoms with Crippen molar-refractivity contribution in [1.82, 2.24) is 19.5 Å². The van der Waals surface area contributed by atoms with Crippen LogP contribution in [0.5, 0.6) is 0 Å². The minimum Gasteiger partial charge on any atom is -0.399 e. The molecule has 1 aliphatic heterocycles. The van der Waals surface area contributed by atoms with E-state index in [1.54, 1.807) is 38.4 Å². The number of amides is 1. The lowest BCUT2D eigenvalue weighted by Gasteiger charge is -2.36. The second-order valence-corrected chi connectivity index (χ2v) is 10.8. The quantitative estimate of drug-likeness (QED) is 0.269. The summed E-state index contributed by atoms with van der Waals surface area (Å²) in [7, 11) is 1.61. The van der Waals surface area contributed by atoms with E-state index in [9.17, 15) is 22.8 Å². The number of piperazine rings is 1. The first-order valence-electron chi connectivity index (χ1n) is 14.2. The van der Waals surface area contributed by atoms with E-state index in [4.69, 9.17) is 5.73 Å². The highest BCUT2D eigenvalue weighted by molar-refractivity contribution is 6.04. The van der Waals surface area contributed by atoms with E-state index in [1.165, 1.54) is 16.7 Å². The van der Waals surface area contributed by atoms with Crippen LogP contribution in [0.4, 0.5) is 36.2 Å². The number of carbonyl (C=O) groups excluding carboxylic acids is 1. The van der Waals surface area contributed by atoms with Crippen LogP contribution < -0.4 is 26.4 Å². The lowest BCUT2D eigenvalue weighted by molar-refractivity contribution is -0.137. The molecule has 230 valence electrons. The Morgan fingerprint density at radius 2 is 1.67 bits per heavy atom. The molecule has 3 aromatic carbocycles. The molecule has 10 nitrogen and oxygen atoms in total. The summed E-state index contributed by atoms with van der Waals surface area (Å²) in [5.41, 5.74) is 8.63. The van der Waals surface area contributed by atoms with Crippen molar-refractivity contribution < 1.29 is 18.0 Å². The maximum absolute atomic E-state index is 13.6. The van der Waals surface area contributed by atoms with Crippen LogP contribution in [-0.4, -0.2) is 51.6 Å². The van der Waals surface area contributed by atoms with E-state index in [2.05, 4.69) is 30.1 Å². The fourth-order valence-electron chi connectivity index (χ4n) is 5.32. The van der Waals surface area contributed by atoms with Crippen molar-refractivity contribution in [2.24, 2.45) is 7.05 Å². The third kappa shape index (κ3) is 6.01. The van der Waals surface area contributed by atoms with Crippen molar-refractivity contribution in [2.45, 2.75) is 13.1 Å². The number of hydrogen-bond acceptors (Lipinski definition) is 8. The Bertz CT molecular complexity index is 1980. The van der Waals surface area contributed by atoms with Crippen LogP contribution in [0.3, 0.4) is 0 Å². The fourth-order valence-corrected chi connectivity index (χ4v) is 5.32. The Labute approximate surface area is 256 Å². The molecule has 0 radical (unpaired) electrons. The topological polar surface area (TPSA) is 122 Å². The predicted molar refractivity (Wildman–Crippen MR) is 167 cm³/mol. The summed E-state index contributed by atoms with van der Waals surface area (Å²) in [6, 6.07) is 16.8. The zero-order chi connectivity index (χ0) is 31.9. The second-order valence-electron chi connectivity index (χ2n) is 10.8. The lowest BCUT2D eigenvalue weighted by Crippen LogP contribution is -2.47. The summed E-state index contributed by atoms with van der Waals surface area (Å²) in [5.74, 6) is -0.223. The maximum atomic E-state index is 13.6. The number of nitrogens with one attached hydrogen (secondary N) is 1. The molecule has 5 aromatic rings. The number of aromatic nitrogens is 4. The first-order valence-corrected chi connectivity index (χ1v) is 14.2. The van der Waals surface area contributed by atoms with E-state index >= 15 is 0 Å². The van der Waals surface area contributed by atoms with Gasteiger partial charge in [0.05, 0.1) is 11.8 Å². The second kappa shape index (κ2) is 11.6. The molecular weight excluding hydrogens is 585 g/mol. The molecule has 0 atom stereocenters. The number of benzene rings is 3. The highest BCUT2D eigenvalue weighted by Gasteiger charge is 2.31. The highest BCUT2D eigenvalue weighted by atomic mass is 19.4. The standard InChI is InChI=1S/C32H29F3N8O2/c1-19-9-10-23(38-29(44)20-5-3-6-21(15-20)32(33,34)35)17-25(19)27-30(45)41(2)28-26(39-27)18-37-31(40-28)43-13-11-42(12-14-43)24-8-4-7-22(36)16-24/h3-10,15-18H,11-14,36H2,1-2H3,(H,38,44). The Kier molecular flexibility index (Phi) is 7.61. The maximum Gasteiger partial charge on any atom is 0.416 e. The van der Waals surface area contributed by atoms with Crippen molar-refractivity contribution in [3.05, 3.63) is 100.0 Å². The van der Waals surface area contributed by atoms with Crippen LogP contribution in [0.25, 0.3) is 22.4 Å². The lowest BCUT2D eigenvalue weighted by atomic mass is 10.0. The van der Waals surface area contributed by atoms with Crippen LogP contribution in [0, 0.1) is 6.92 Å². The number of anilines is 4. The third-order valence-corrected chi connectivity index (χ3v) is 7.79. The zero-order valence-electron chi connectivity index (χ0n) is 24.5. The number of nitrogens with zero attached hydrogens (tertiary/aromatic N) is 6. The Morgan fingerprint density at radius 3 is 2.40 bits per heavy atom. The Balaban J connectivity index is 1.24. The normalized spacial score (nSPS) is 13.7.